The molecule has 1 unspecified atom stereocenters. The number of nitrogens with one attached hydrogen (secondary N) is 1. The van der Waals surface area contributed by atoms with Gasteiger partial charge < -0.3 is 14.6 Å². The predicted molar refractivity (Wildman–Crippen MR) is 77.2 cm³/mol. The zero-order valence-corrected chi connectivity index (χ0v) is 12.5. The van der Waals surface area contributed by atoms with Gasteiger partial charge in [0, 0.05) is 39.0 Å². The van der Waals surface area contributed by atoms with Crippen molar-refractivity contribution in [3.63, 3.8) is 0 Å². The minimum atomic E-state index is -0.0137. The molecule has 0 aromatic carbocycles. The number of methoxy groups -OCH3 is 1. The van der Waals surface area contributed by atoms with Gasteiger partial charge in [-0.25, -0.2) is 4.98 Å². The van der Waals surface area contributed by atoms with Gasteiger partial charge >= 0.3 is 0 Å². The first-order chi connectivity index (χ1) is 9.22. The van der Waals surface area contributed by atoms with E-state index >= 15 is 0 Å². The van der Waals surface area contributed by atoms with Gasteiger partial charge in [0.25, 0.3) is 0 Å². The zero-order chi connectivity index (χ0) is 13.7. The van der Waals surface area contributed by atoms with Crippen molar-refractivity contribution in [2.75, 3.05) is 13.7 Å². The minimum absolute atomic E-state index is 0.0137. The summed E-state index contributed by atoms with van der Waals surface area (Å²) in [7, 11) is 3.93. The maximum Gasteiger partial charge on any atom is 0.110 e. The van der Waals surface area contributed by atoms with Gasteiger partial charge in [0.05, 0.1) is 5.60 Å². The lowest BCUT2D eigenvalue weighted by Gasteiger charge is -2.42. The van der Waals surface area contributed by atoms with E-state index in [4.69, 9.17) is 4.74 Å². The van der Waals surface area contributed by atoms with E-state index in [1.165, 1.54) is 19.3 Å². The van der Waals surface area contributed by atoms with Crippen LogP contribution in [0, 0.1) is 0 Å². The third-order valence-electron chi connectivity index (χ3n) is 4.50. The molecule has 0 bridgehead atoms. The van der Waals surface area contributed by atoms with E-state index in [1.54, 1.807) is 0 Å². The quantitative estimate of drug-likeness (QED) is 0.858. The molecular weight excluding hydrogens is 238 g/mol. The Bertz CT molecular complexity index is 382. The molecule has 108 valence electrons. The third-order valence-corrected chi connectivity index (χ3v) is 4.50. The molecule has 1 aromatic heterocycles. The Morgan fingerprint density at radius 3 is 2.68 bits per heavy atom. The van der Waals surface area contributed by atoms with Crippen LogP contribution in [0.15, 0.2) is 12.4 Å². The van der Waals surface area contributed by atoms with E-state index in [0.29, 0.717) is 6.04 Å². The van der Waals surface area contributed by atoms with Gasteiger partial charge in [0.1, 0.15) is 5.82 Å². The fourth-order valence-electron chi connectivity index (χ4n) is 3.31. The number of rotatable bonds is 6. The zero-order valence-electron chi connectivity index (χ0n) is 12.5. The highest BCUT2D eigenvalue weighted by Gasteiger charge is 2.40. The van der Waals surface area contributed by atoms with Crippen LogP contribution in [-0.4, -0.2) is 34.8 Å². The molecule has 1 aliphatic rings. The summed E-state index contributed by atoms with van der Waals surface area (Å²) in [5, 5.41) is 3.63. The van der Waals surface area contributed by atoms with Gasteiger partial charge in [0.15, 0.2) is 0 Å². The van der Waals surface area contributed by atoms with Gasteiger partial charge in [-0.3, -0.25) is 0 Å². The van der Waals surface area contributed by atoms with Gasteiger partial charge in [0.2, 0.25) is 0 Å². The molecule has 4 nitrogen and oxygen atoms in total. The second-order valence-electron chi connectivity index (χ2n) is 5.60. The van der Waals surface area contributed by atoms with E-state index in [-0.39, 0.29) is 5.60 Å². The Hall–Kier alpha value is -0.870. The number of hydrogen-bond donors (Lipinski definition) is 1. The summed E-state index contributed by atoms with van der Waals surface area (Å²) in [6.45, 7) is 3.14. The number of ether oxygens (including phenoxy) is 1. The van der Waals surface area contributed by atoms with Gasteiger partial charge in [-0.2, -0.15) is 0 Å². The lowest BCUT2D eigenvalue weighted by Crippen LogP contribution is -2.54. The molecule has 2 rings (SSSR count). The molecule has 0 aliphatic heterocycles. The molecule has 1 saturated carbocycles. The molecule has 0 amide bonds. The van der Waals surface area contributed by atoms with Crippen LogP contribution in [0.5, 0.6) is 0 Å². The van der Waals surface area contributed by atoms with Gasteiger partial charge in [-0.15, -0.1) is 0 Å². The smallest absolute Gasteiger partial charge is 0.110 e. The van der Waals surface area contributed by atoms with Gasteiger partial charge in [-0.05, 0) is 19.4 Å². The van der Waals surface area contributed by atoms with Crippen LogP contribution in [-0.2, 0) is 18.2 Å². The predicted octanol–water partition coefficient (Wildman–Crippen LogP) is 2.29. The SMILES string of the molecule is CCNC(Cc1nccn1C)C1(OC)CCCCC1. The Labute approximate surface area is 116 Å². The van der Waals surface area contributed by atoms with Crippen molar-refractivity contribution < 1.29 is 4.74 Å². The average molecular weight is 265 g/mol. The summed E-state index contributed by atoms with van der Waals surface area (Å²) in [4.78, 5) is 4.47. The summed E-state index contributed by atoms with van der Waals surface area (Å²) in [5.74, 6) is 1.13. The lowest BCUT2D eigenvalue weighted by atomic mass is 9.77. The molecule has 1 aliphatic carbocycles. The molecule has 1 aromatic rings. The van der Waals surface area contributed by atoms with Crippen LogP contribution < -0.4 is 5.32 Å². The van der Waals surface area contributed by atoms with E-state index in [2.05, 4.69) is 28.8 Å². The normalized spacial score (nSPS) is 20.4. The van der Waals surface area contributed by atoms with Crippen molar-refractivity contribution in [1.82, 2.24) is 14.9 Å². The van der Waals surface area contributed by atoms with Crippen LogP contribution in [0.25, 0.3) is 0 Å². The number of hydrogen-bond acceptors (Lipinski definition) is 3. The second-order valence-corrected chi connectivity index (χ2v) is 5.60. The van der Waals surface area contributed by atoms with Crippen molar-refractivity contribution in [3.05, 3.63) is 18.2 Å². The maximum absolute atomic E-state index is 5.98. The van der Waals surface area contributed by atoms with E-state index in [9.17, 15) is 0 Å². The highest BCUT2D eigenvalue weighted by Crippen LogP contribution is 2.35. The van der Waals surface area contributed by atoms with Crippen molar-refractivity contribution in [3.8, 4) is 0 Å². The molecule has 1 atom stereocenters. The number of nitrogens with zero attached hydrogens (tertiary/aromatic N) is 2. The highest BCUT2D eigenvalue weighted by molar-refractivity contribution is 5.03. The summed E-state index contributed by atoms with van der Waals surface area (Å²) in [6.07, 6.45) is 11.0. The Balaban J connectivity index is 2.15. The van der Waals surface area contributed by atoms with Crippen LogP contribution >= 0.6 is 0 Å². The molecule has 1 heterocycles. The number of aryl methyl sites for hydroxylation is 1. The van der Waals surface area contributed by atoms with E-state index < -0.39 is 0 Å². The number of likely N-dealkylation sites (N-methyl/N-ethyl adjacent to an activating group) is 1. The van der Waals surface area contributed by atoms with E-state index in [1.807, 2.05) is 19.5 Å². The first kappa shape index (κ1) is 14.5. The number of imidazole rings is 1. The Kier molecular flexibility index (Phi) is 4.99. The summed E-state index contributed by atoms with van der Waals surface area (Å²) >= 11 is 0. The summed E-state index contributed by atoms with van der Waals surface area (Å²) in [5.41, 5.74) is -0.0137. The summed E-state index contributed by atoms with van der Waals surface area (Å²) in [6, 6.07) is 0.351. The van der Waals surface area contributed by atoms with Crippen molar-refractivity contribution in [2.45, 2.75) is 57.1 Å². The molecule has 1 fully saturated rings. The third kappa shape index (κ3) is 3.18. The Morgan fingerprint density at radius 2 is 2.16 bits per heavy atom. The fraction of sp³-hybridized carbons (Fsp3) is 0.800. The lowest BCUT2D eigenvalue weighted by molar-refractivity contribution is -0.0674. The molecular formula is C15H27N3O. The molecule has 1 N–H and O–H groups in total. The Morgan fingerprint density at radius 1 is 1.42 bits per heavy atom. The topological polar surface area (TPSA) is 39.1 Å². The van der Waals surface area contributed by atoms with Crippen LogP contribution in [0.2, 0.25) is 0 Å². The van der Waals surface area contributed by atoms with Crippen molar-refractivity contribution in [2.24, 2.45) is 7.05 Å². The first-order valence-corrected chi connectivity index (χ1v) is 7.46. The monoisotopic (exact) mass is 265 g/mol. The number of aromatic nitrogens is 2. The summed E-state index contributed by atoms with van der Waals surface area (Å²) < 4.78 is 8.09. The second kappa shape index (κ2) is 6.53. The molecule has 0 saturated heterocycles. The molecule has 19 heavy (non-hydrogen) atoms. The first-order valence-electron chi connectivity index (χ1n) is 7.46. The van der Waals surface area contributed by atoms with Crippen molar-refractivity contribution >= 4 is 0 Å². The molecule has 0 radical (unpaired) electrons. The van der Waals surface area contributed by atoms with Crippen LogP contribution in [0.4, 0.5) is 0 Å². The minimum Gasteiger partial charge on any atom is -0.377 e. The van der Waals surface area contributed by atoms with Crippen LogP contribution in [0.3, 0.4) is 0 Å². The van der Waals surface area contributed by atoms with Gasteiger partial charge in [-0.1, -0.05) is 26.2 Å². The molecule has 0 spiro atoms. The molecule has 4 heteroatoms. The largest absolute Gasteiger partial charge is 0.377 e. The fourth-order valence-corrected chi connectivity index (χ4v) is 3.31. The average Bonchev–Trinajstić information content (AvgIpc) is 2.84. The standard InChI is InChI=1S/C15H27N3O/c1-4-16-13(12-14-17-10-11-18(14)2)15(19-3)8-6-5-7-9-15/h10-11,13,16H,4-9,12H2,1-3H3. The van der Waals surface area contributed by atoms with Crippen molar-refractivity contribution in [1.29, 1.82) is 0 Å². The van der Waals surface area contributed by atoms with Crippen LogP contribution in [0.1, 0.15) is 44.9 Å². The highest BCUT2D eigenvalue weighted by atomic mass is 16.5. The maximum atomic E-state index is 5.98. The van der Waals surface area contributed by atoms with E-state index in [0.717, 1.165) is 31.6 Å².